The van der Waals surface area contributed by atoms with E-state index in [0.29, 0.717) is 6.54 Å². The first-order valence-electron chi connectivity index (χ1n) is 4.81. The molecule has 2 heterocycles. The minimum Gasteiger partial charge on any atom is -0.374 e. The second kappa shape index (κ2) is 4.84. The van der Waals surface area contributed by atoms with E-state index in [0.717, 1.165) is 26.2 Å². The van der Waals surface area contributed by atoms with Gasteiger partial charge in [0.25, 0.3) is 0 Å². The lowest BCUT2D eigenvalue weighted by atomic mass is 10.3. The van der Waals surface area contributed by atoms with Gasteiger partial charge in [-0.15, -0.1) is 11.3 Å². The molecule has 2 rings (SSSR count). The first kappa shape index (κ1) is 10.0. The van der Waals surface area contributed by atoms with Gasteiger partial charge in [-0.3, -0.25) is 4.90 Å². The number of morpholine rings is 1. The predicted molar refractivity (Wildman–Crippen MR) is 56.2 cm³/mol. The maximum Gasteiger partial charge on any atom is 0.107 e. The first-order valence-corrected chi connectivity index (χ1v) is 5.69. The summed E-state index contributed by atoms with van der Waals surface area (Å²) < 4.78 is 5.49. The van der Waals surface area contributed by atoms with Crippen LogP contribution in [-0.4, -0.2) is 42.2 Å². The van der Waals surface area contributed by atoms with Crippen LogP contribution in [0.4, 0.5) is 0 Å². The third-order valence-corrected chi connectivity index (χ3v) is 3.09. The Morgan fingerprint density at radius 3 is 3.36 bits per heavy atom. The Bertz CT molecular complexity index is 265. The van der Waals surface area contributed by atoms with E-state index in [2.05, 4.69) is 9.88 Å². The van der Waals surface area contributed by atoms with Crippen LogP contribution in [0.5, 0.6) is 0 Å². The fourth-order valence-corrected chi connectivity index (χ4v) is 2.25. The van der Waals surface area contributed by atoms with Crippen LogP contribution in [0.3, 0.4) is 0 Å². The van der Waals surface area contributed by atoms with Crippen molar-refractivity contribution in [3.8, 4) is 0 Å². The van der Waals surface area contributed by atoms with Gasteiger partial charge in [-0.25, -0.2) is 4.98 Å². The number of thiazole rings is 1. The lowest BCUT2D eigenvalue weighted by Gasteiger charge is -2.31. The smallest absolute Gasteiger partial charge is 0.107 e. The summed E-state index contributed by atoms with van der Waals surface area (Å²) in [6.07, 6.45) is 2.05. The normalized spacial score (nSPS) is 23.9. The highest BCUT2D eigenvalue weighted by Crippen LogP contribution is 2.11. The summed E-state index contributed by atoms with van der Waals surface area (Å²) in [6, 6.07) is 0. The molecule has 0 aromatic carbocycles. The van der Waals surface area contributed by atoms with Gasteiger partial charge < -0.3 is 10.5 Å². The van der Waals surface area contributed by atoms with Crippen molar-refractivity contribution in [1.29, 1.82) is 0 Å². The number of aromatic nitrogens is 1. The van der Waals surface area contributed by atoms with E-state index < -0.39 is 0 Å². The SMILES string of the molecule is NC[C@H]1CN(Cc2nccs2)CCO1. The molecule has 1 aliphatic rings. The molecule has 2 N–H and O–H groups in total. The standard InChI is InChI=1S/C9H15N3OS/c10-5-8-6-12(2-3-13-8)7-9-11-1-4-14-9/h1,4,8H,2-3,5-7,10H2/t8-/m0/s1. The largest absolute Gasteiger partial charge is 0.374 e. The van der Waals surface area contributed by atoms with Gasteiger partial charge in [-0.1, -0.05) is 0 Å². The third-order valence-electron chi connectivity index (χ3n) is 2.33. The minimum atomic E-state index is 0.198. The quantitative estimate of drug-likeness (QED) is 0.785. The monoisotopic (exact) mass is 213 g/mol. The van der Waals surface area contributed by atoms with E-state index in [4.69, 9.17) is 10.5 Å². The van der Waals surface area contributed by atoms with Crippen molar-refractivity contribution in [1.82, 2.24) is 9.88 Å². The average molecular weight is 213 g/mol. The van der Waals surface area contributed by atoms with E-state index in [-0.39, 0.29) is 6.10 Å². The zero-order valence-electron chi connectivity index (χ0n) is 8.06. The Labute approximate surface area is 87.7 Å². The summed E-state index contributed by atoms with van der Waals surface area (Å²) in [5.41, 5.74) is 5.57. The maximum atomic E-state index is 5.57. The highest BCUT2D eigenvalue weighted by Gasteiger charge is 2.19. The summed E-state index contributed by atoms with van der Waals surface area (Å²) in [4.78, 5) is 6.61. The average Bonchev–Trinajstić information content (AvgIpc) is 2.71. The van der Waals surface area contributed by atoms with Gasteiger partial charge in [0.15, 0.2) is 0 Å². The van der Waals surface area contributed by atoms with Crippen molar-refractivity contribution in [3.05, 3.63) is 16.6 Å². The van der Waals surface area contributed by atoms with E-state index >= 15 is 0 Å². The molecule has 5 heteroatoms. The van der Waals surface area contributed by atoms with Crippen LogP contribution < -0.4 is 5.73 Å². The molecule has 78 valence electrons. The van der Waals surface area contributed by atoms with E-state index in [1.807, 2.05) is 11.6 Å². The molecule has 1 aromatic rings. The Hall–Kier alpha value is -0.490. The van der Waals surface area contributed by atoms with Crippen molar-refractivity contribution in [2.75, 3.05) is 26.2 Å². The molecule has 0 bridgehead atoms. The summed E-state index contributed by atoms with van der Waals surface area (Å²) in [6.45, 7) is 4.23. The molecule has 0 aliphatic carbocycles. The number of nitrogens with zero attached hydrogens (tertiary/aromatic N) is 2. The van der Waals surface area contributed by atoms with Crippen LogP contribution in [0.25, 0.3) is 0 Å². The van der Waals surface area contributed by atoms with Gasteiger partial charge in [0.1, 0.15) is 5.01 Å². The molecule has 1 saturated heterocycles. The highest BCUT2D eigenvalue weighted by atomic mass is 32.1. The molecular weight excluding hydrogens is 198 g/mol. The van der Waals surface area contributed by atoms with Crippen LogP contribution in [0.2, 0.25) is 0 Å². The van der Waals surface area contributed by atoms with Crippen molar-refractivity contribution in [2.45, 2.75) is 12.6 Å². The molecule has 14 heavy (non-hydrogen) atoms. The molecule has 0 saturated carbocycles. The zero-order valence-corrected chi connectivity index (χ0v) is 8.87. The number of nitrogens with two attached hydrogens (primary N) is 1. The van der Waals surface area contributed by atoms with Gasteiger partial charge in [-0.05, 0) is 0 Å². The lowest BCUT2D eigenvalue weighted by Crippen LogP contribution is -2.45. The van der Waals surface area contributed by atoms with Crippen LogP contribution in [-0.2, 0) is 11.3 Å². The van der Waals surface area contributed by atoms with E-state index in [1.165, 1.54) is 5.01 Å². The Balaban J connectivity index is 1.86. The van der Waals surface area contributed by atoms with E-state index in [1.54, 1.807) is 11.3 Å². The molecule has 0 spiro atoms. The van der Waals surface area contributed by atoms with E-state index in [9.17, 15) is 0 Å². The van der Waals surface area contributed by atoms with Crippen molar-refractivity contribution < 1.29 is 4.74 Å². The second-order valence-electron chi connectivity index (χ2n) is 3.39. The van der Waals surface area contributed by atoms with Gasteiger partial charge in [-0.2, -0.15) is 0 Å². The van der Waals surface area contributed by atoms with Crippen LogP contribution >= 0.6 is 11.3 Å². The van der Waals surface area contributed by atoms with Crippen molar-refractivity contribution >= 4 is 11.3 Å². The molecule has 1 fully saturated rings. The van der Waals surface area contributed by atoms with Gasteiger partial charge in [0.05, 0.1) is 19.3 Å². The summed E-state index contributed by atoms with van der Waals surface area (Å²) in [5, 5.41) is 3.18. The molecule has 1 atom stereocenters. The fourth-order valence-electron chi connectivity index (χ4n) is 1.59. The fraction of sp³-hybridized carbons (Fsp3) is 0.667. The maximum absolute atomic E-state index is 5.57. The van der Waals surface area contributed by atoms with Crippen molar-refractivity contribution in [3.63, 3.8) is 0 Å². The first-order chi connectivity index (χ1) is 6.88. The van der Waals surface area contributed by atoms with Gasteiger partial charge >= 0.3 is 0 Å². The number of hydrogen-bond donors (Lipinski definition) is 1. The van der Waals surface area contributed by atoms with Crippen LogP contribution in [0, 0.1) is 0 Å². The Morgan fingerprint density at radius 1 is 1.71 bits per heavy atom. The van der Waals surface area contributed by atoms with Gasteiger partial charge in [0.2, 0.25) is 0 Å². The molecule has 4 nitrogen and oxygen atoms in total. The molecule has 0 amide bonds. The second-order valence-corrected chi connectivity index (χ2v) is 4.37. The van der Waals surface area contributed by atoms with Gasteiger partial charge in [0, 0.05) is 31.2 Å². The highest BCUT2D eigenvalue weighted by molar-refractivity contribution is 7.09. The molecule has 0 unspecified atom stereocenters. The minimum absolute atomic E-state index is 0.198. The Morgan fingerprint density at radius 2 is 2.64 bits per heavy atom. The number of hydrogen-bond acceptors (Lipinski definition) is 5. The summed E-state index contributed by atoms with van der Waals surface area (Å²) in [5.74, 6) is 0. The zero-order chi connectivity index (χ0) is 9.80. The molecule has 1 aliphatic heterocycles. The van der Waals surface area contributed by atoms with Crippen molar-refractivity contribution in [2.24, 2.45) is 5.73 Å². The lowest BCUT2D eigenvalue weighted by molar-refractivity contribution is -0.0260. The van der Waals surface area contributed by atoms with Crippen LogP contribution in [0.15, 0.2) is 11.6 Å². The van der Waals surface area contributed by atoms with Crippen LogP contribution in [0.1, 0.15) is 5.01 Å². The summed E-state index contributed by atoms with van der Waals surface area (Å²) >= 11 is 1.70. The molecule has 1 aromatic heterocycles. The predicted octanol–water partition coefficient (Wildman–Crippen LogP) is 0.303. The molecular formula is C9H15N3OS. The molecule has 0 radical (unpaired) electrons. The number of ether oxygens (including phenoxy) is 1. The summed E-state index contributed by atoms with van der Waals surface area (Å²) in [7, 11) is 0. The Kier molecular flexibility index (Phi) is 3.47. The third kappa shape index (κ3) is 2.51. The topological polar surface area (TPSA) is 51.4 Å². The number of rotatable bonds is 3.